The second-order valence-corrected chi connectivity index (χ2v) is 8.77. The predicted octanol–water partition coefficient (Wildman–Crippen LogP) is 8.42. The van der Waals surface area contributed by atoms with Crippen LogP contribution < -0.4 is 0 Å². The van der Waals surface area contributed by atoms with Gasteiger partial charge in [-0.1, -0.05) is 24.3 Å². The lowest BCUT2D eigenvalue weighted by Gasteiger charge is -2.11. The normalized spacial score (nSPS) is 15.9. The molecule has 0 atom stereocenters. The van der Waals surface area contributed by atoms with E-state index in [1.54, 1.807) is 0 Å². The molecular formula is C30H16. The predicted molar refractivity (Wildman–Crippen MR) is 132 cm³/mol. The molecule has 6 aromatic carbocycles. The molecule has 0 aromatic heterocycles. The van der Waals surface area contributed by atoms with E-state index < -0.39 is 0 Å². The lowest BCUT2D eigenvalue weighted by molar-refractivity contribution is 1.64. The highest BCUT2D eigenvalue weighted by Gasteiger charge is 2.10. The van der Waals surface area contributed by atoms with Gasteiger partial charge in [0.05, 0.1) is 0 Å². The van der Waals surface area contributed by atoms with Crippen molar-refractivity contribution in [2.75, 3.05) is 0 Å². The second-order valence-electron chi connectivity index (χ2n) is 8.77. The lowest BCUT2D eigenvalue weighted by atomic mass is 9.93. The van der Waals surface area contributed by atoms with E-state index in [9.17, 15) is 0 Å². The standard InChI is InChI=1S/C30H16/c1-2-18-6-22-10-26-14-29-13-25-9-21-5-17(1)19-3-4-20(18)8-24(22)12-28(26)16-30(29)15-27(25)11-23(21)7-19/h1-16H/b2-1-,4-3-. The summed E-state index contributed by atoms with van der Waals surface area (Å²) in [6.45, 7) is 0. The summed E-state index contributed by atoms with van der Waals surface area (Å²) < 4.78 is 0. The Hall–Kier alpha value is -3.90. The van der Waals surface area contributed by atoms with Gasteiger partial charge >= 0.3 is 0 Å². The van der Waals surface area contributed by atoms with E-state index in [2.05, 4.69) is 97.1 Å². The maximum atomic E-state index is 2.35. The Kier molecular flexibility index (Phi) is 2.49. The quantitative estimate of drug-likeness (QED) is 0.233. The van der Waals surface area contributed by atoms with E-state index in [1.807, 2.05) is 0 Å². The number of benzene rings is 6. The van der Waals surface area contributed by atoms with Crippen molar-refractivity contribution in [3.8, 4) is 0 Å². The van der Waals surface area contributed by atoms with E-state index >= 15 is 0 Å². The molecular weight excluding hydrogens is 360 g/mol. The third-order valence-corrected chi connectivity index (χ3v) is 6.95. The monoisotopic (exact) mass is 376 g/mol. The van der Waals surface area contributed by atoms with Crippen molar-refractivity contribution in [1.29, 1.82) is 0 Å². The Bertz CT molecular complexity index is 1560. The molecule has 0 heterocycles. The maximum Gasteiger partial charge on any atom is -0.0171 e. The van der Waals surface area contributed by atoms with E-state index in [0.29, 0.717) is 0 Å². The third-order valence-electron chi connectivity index (χ3n) is 6.95. The van der Waals surface area contributed by atoms with Crippen LogP contribution in [-0.2, 0) is 0 Å². The molecule has 1 aliphatic carbocycles. The minimum absolute atomic E-state index is 1.27. The molecule has 0 unspecified atom stereocenters. The summed E-state index contributed by atoms with van der Waals surface area (Å²) in [5.41, 5.74) is 5.10. The molecule has 1 aliphatic rings. The molecule has 0 amide bonds. The highest BCUT2D eigenvalue weighted by Crippen LogP contribution is 2.36. The van der Waals surface area contributed by atoms with Crippen molar-refractivity contribution in [1.82, 2.24) is 0 Å². The van der Waals surface area contributed by atoms with Crippen molar-refractivity contribution < 1.29 is 0 Å². The molecule has 30 heavy (non-hydrogen) atoms. The van der Waals surface area contributed by atoms with Crippen molar-refractivity contribution in [3.63, 3.8) is 0 Å². The Morgan fingerprint density at radius 2 is 0.367 bits per heavy atom. The first-order valence-corrected chi connectivity index (χ1v) is 10.5. The fourth-order valence-corrected chi connectivity index (χ4v) is 5.36. The zero-order valence-corrected chi connectivity index (χ0v) is 16.2. The summed E-state index contributed by atoms with van der Waals surface area (Å²) in [5, 5.41) is 13.0. The van der Waals surface area contributed by atoms with E-state index in [4.69, 9.17) is 0 Å². The van der Waals surface area contributed by atoms with Crippen LogP contribution in [0.2, 0.25) is 0 Å². The number of hydrogen-bond donors (Lipinski definition) is 0. The number of fused-ring (bicyclic) bond motifs is 7. The summed E-state index contributed by atoms with van der Waals surface area (Å²) in [7, 11) is 0. The fourth-order valence-electron chi connectivity index (χ4n) is 5.36. The van der Waals surface area contributed by atoms with Gasteiger partial charge in [0.15, 0.2) is 0 Å². The molecule has 0 saturated heterocycles. The van der Waals surface area contributed by atoms with Crippen LogP contribution in [0.3, 0.4) is 0 Å². The van der Waals surface area contributed by atoms with Crippen LogP contribution in [0.15, 0.2) is 72.8 Å². The largest absolute Gasteiger partial charge is 0.0537 e. The third kappa shape index (κ3) is 1.91. The van der Waals surface area contributed by atoms with Gasteiger partial charge in [-0.15, -0.1) is 0 Å². The topological polar surface area (TPSA) is 0 Å². The van der Waals surface area contributed by atoms with Gasteiger partial charge in [0.25, 0.3) is 0 Å². The molecule has 0 heteroatoms. The lowest BCUT2D eigenvalue weighted by Crippen LogP contribution is -1.89. The van der Waals surface area contributed by atoms with Crippen LogP contribution in [-0.4, -0.2) is 0 Å². The van der Waals surface area contributed by atoms with Gasteiger partial charge in [-0.25, -0.2) is 0 Å². The zero-order chi connectivity index (χ0) is 19.4. The van der Waals surface area contributed by atoms with Gasteiger partial charge < -0.3 is 0 Å². The van der Waals surface area contributed by atoms with Gasteiger partial charge in [-0.05, 0) is 149 Å². The van der Waals surface area contributed by atoms with E-state index in [0.717, 1.165) is 0 Å². The molecule has 0 aliphatic heterocycles. The molecule has 7 rings (SSSR count). The van der Waals surface area contributed by atoms with Gasteiger partial charge in [0.2, 0.25) is 0 Å². The van der Waals surface area contributed by atoms with Crippen LogP contribution >= 0.6 is 0 Å². The van der Waals surface area contributed by atoms with Crippen LogP contribution in [0.5, 0.6) is 0 Å². The molecule has 0 nitrogen and oxygen atoms in total. The zero-order valence-electron chi connectivity index (χ0n) is 16.2. The average molecular weight is 376 g/mol. The number of hydrogen-bond acceptors (Lipinski definition) is 0. The molecule has 0 fully saturated rings. The summed E-state index contributed by atoms with van der Waals surface area (Å²) >= 11 is 0. The summed E-state index contributed by atoms with van der Waals surface area (Å²) in [6.07, 6.45) is 9.09. The van der Waals surface area contributed by atoms with E-state index in [1.165, 1.54) is 76.1 Å². The van der Waals surface area contributed by atoms with Gasteiger partial charge in [0, 0.05) is 0 Å². The van der Waals surface area contributed by atoms with Crippen molar-refractivity contribution in [3.05, 3.63) is 95.1 Å². The highest BCUT2D eigenvalue weighted by molar-refractivity contribution is 6.11. The maximum absolute atomic E-state index is 2.35. The van der Waals surface area contributed by atoms with Crippen molar-refractivity contribution >= 4 is 78.2 Å². The minimum atomic E-state index is 1.27. The first-order valence-electron chi connectivity index (χ1n) is 10.5. The first kappa shape index (κ1) is 15.0. The second kappa shape index (κ2) is 4.98. The molecule has 0 saturated carbocycles. The Labute approximate surface area is 173 Å². The Morgan fingerprint density at radius 1 is 0.200 bits per heavy atom. The minimum Gasteiger partial charge on any atom is -0.0537 e. The Balaban J connectivity index is 1.71. The summed E-state index contributed by atoms with van der Waals surface area (Å²) in [6, 6.07) is 28.1. The molecule has 0 bridgehead atoms. The van der Waals surface area contributed by atoms with Crippen LogP contribution in [0.4, 0.5) is 0 Å². The molecule has 0 spiro atoms. The van der Waals surface area contributed by atoms with Crippen LogP contribution in [0.1, 0.15) is 22.3 Å². The van der Waals surface area contributed by atoms with Gasteiger partial charge in [-0.2, -0.15) is 0 Å². The fraction of sp³-hybridized carbons (Fsp3) is 0. The average Bonchev–Trinajstić information content (AvgIpc) is 2.75. The molecule has 0 N–H and O–H groups in total. The molecule has 6 aromatic rings. The van der Waals surface area contributed by atoms with Crippen molar-refractivity contribution in [2.45, 2.75) is 0 Å². The smallest absolute Gasteiger partial charge is 0.0171 e. The van der Waals surface area contributed by atoms with Crippen molar-refractivity contribution in [2.24, 2.45) is 0 Å². The summed E-state index contributed by atoms with van der Waals surface area (Å²) in [4.78, 5) is 0. The SMILES string of the molecule is C1=C\c2cc3cc4cc5cc6cc7cc/1c1cc7cc6cc5cc4cc3cc2/C=C\1. The summed E-state index contributed by atoms with van der Waals surface area (Å²) in [5.74, 6) is 0. The van der Waals surface area contributed by atoms with Gasteiger partial charge in [-0.3, -0.25) is 0 Å². The Morgan fingerprint density at radius 3 is 0.567 bits per heavy atom. The van der Waals surface area contributed by atoms with Gasteiger partial charge in [0.1, 0.15) is 0 Å². The first-order chi connectivity index (χ1) is 14.8. The van der Waals surface area contributed by atoms with Crippen LogP contribution in [0.25, 0.3) is 78.2 Å². The van der Waals surface area contributed by atoms with E-state index in [-0.39, 0.29) is 0 Å². The highest BCUT2D eigenvalue weighted by atomic mass is 14.1. The number of rotatable bonds is 0. The van der Waals surface area contributed by atoms with Crippen LogP contribution in [0, 0.1) is 0 Å². The molecule has 136 valence electrons. The molecule has 0 radical (unpaired) electrons.